The Hall–Kier alpha value is -0.180. The van der Waals surface area contributed by atoms with Crippen LogP contribution < -0.4 is 0 Å². The van der Waals surface area contributed by atoms with Crippen LogP contribution in [0.3, 0.4) is 0 Å². The van der Waals surface area contributed by atoms with Gasteiger partial charge in [-0.2, -0.15) is 0 Å². The van der Waals surface area contributed by atoms with Gasteiger partial charge in [-0.25, -0.2) is 0 Å². The second kappa shape index (κ2) is 7.99. The third-order valence-corrected chi connectivity index (χ3v) is 4.62. The second-order valence-corrected chi connectivity index (χ2v) is 5.93. The molecule has 3 heteroatoms. The van der Waals surface area contributed by atoms with Crippen molar-refractivity contribution >= 4 is 17.7 Å². The number of hydrogen-bond acceptors (Lipinski definition) is 3. The second-order valence-electron chi connectivity index (χ2n) is 4.43. The molecule has 1 atom stereocenters. The quantitative estimate of drug-likeness (QED) is 0.665. The fourth-order valence-corrected chi connectivity index (χ4v) is 3.79. The standard InChI is InChI=1S/C13H24O2S/c1-3-8-12(13(14)15-4-2)16-11-9-6-5-7-10-11/h11-12H,3-10H2,1-2H3. The van der Waals surface area contributed by atoms with Crippen molar-refractivity contribution in [1.82, 2.24) is 0 Å². The van der Waals surface area contributed by atoms with Gasteiger partial charge in [-0.3, -0.25) is 4.79 Å². The van der Waals surface area contributed by atoms with Gasteiger partial charge in [0.2, 0.25) is 0 Å². The molecular weight excluding hydrogens is 220 g/mol. The number of thioether (sulfide) groups is 1. The minimum absolute atomic E-state index is 0.0000709. The summed E-state index contributed by atoms with van der Waals surface area (Å²) < 4.78 is 5.14. The lowest BCUT2D eigenvalue weighted by Gasteiger charge is -2.25. The summed E-state index contributed by atoms with van der Waals surface area (Å²) in [5, 5.41) is 0.766. The lowest BCUT2D eigenvalue weighted by molar-refractivity contribution is -0.142. The number of carbonyl (C=O) groups is 1. The zero-order valence-electron chi connectivity index (χ0n) is 10.5. The molecule has 0 amide bonds. The maximum Gasteiger partial charge on any atom is 0.319 e. The van der Waals surface area contributed by atoms with E-state index in [0.29, 0.717) is 11.9 Å². The van der Waals surface area contributed by atoms with Gasteiger partial charge in [0.1, 0.15) is 5.25 Å². The molecule has 0 bridgehead atoms. The normalized spacial score (nSPS) is 19.4. The fourth-order valence-electron chi connectivity index (χ4n) is 2.17. The van der Waals surface area contributed by atoms with Crippen molar-refractivity contribution in [2.75, 3.05) is 6.61 Å². The van der Waals surface area contributed by atoms with Gasteiger partial charge in [0, 0.05) is 5.25 Å². The summed E-state index contributed by atoms with van der Waals surface area (Å²) in [6, 6.07) is 0. The molecule has 0 N–H and O–H groups in total. The van der Waals surface area contributed by atoms with Gasteiger partial charge >= 0.3 is 5.97 Å². The predicted octanol–water partition coefficient (Wildman–Crippen LogP) is 3.78. The Kier molecular flexibility index (Phi) is 6.93. The van der Waals surface area contributed by atoms with E-state index >= 15 is 0 Å². The third-order valence-electron chi connectivity index (χ3n) is 3.01. The van der Waals surface area contributed by atoms with Crippen LogP contribution in [0.5, 0.6) is 0 Å². The molecule has 1 saturated carbocycles. The van der Waals surface area contributed by atoms with Crippen LogP contribution in [0, 0.1) is 0 Å². The number of carbonyl (C=O) groups excluding carboxylic acids is 1. The molecule has 0 heterocycles. The fraction of sp³-hybridized carbons (Fsp3) is 0.923. The minimum Gasteiger partial charge on any atom is -0.465 e. The van der Waals surface area contributed by atoms with Crippen LogP contribution in [0.25, 0.3) is 0 Å². The highest BCUT2D eigenvalue weighted by Crippen LogP contribution is 2.33. The molecule has 0 aromatic rings. The van der Waals surface area contributed by atoms with Crippen LogP contribution in [0.15, 0.2) is 0 Å². The molecule has 0 aromatic heterocycles. The number of ether oxygens (including phenoxy) is 1. The Morgan fingerprint density at radius 1 is 1.31 bits per heavy atom. The summed E-state index contributed by atoms with van der Waals surface area (Å²) in [6.07, 6.45) is 8.62. The predicted molar refractivity (Wildman–Crippen MR) is 69.8 cm³/mol. The van der Waals surface area contributed by atoms with E-state index in [0.717, 1.165) is 12.8 Å². The third kappa shape index (κ3) is 4.77. The summed E-state index contributed by atoms with van der Waals surface area (Å²) in [7, 11) is 0. The molecule has 2 nitrogen and oxygen atoms in total. The highest BCUT2D eigenvalue weighted by atomic mass is 32.2. The number of hydrogen-bond donors (Lipinski definition) is 0. The molecule has 0 radical (unpaired) electrons. The largest absolute Gasteiger partial charge is 0.465 e. The zero-order chi connectivity index (χ0) is 11.8. The van der Waals surface area contributed by atoms with E-state index in [-0.39, 0.29) is 11.2 Å². The SMILES string of the molecule is CCCC(SC1CCCCC1)C(=O)OCC. The molecule has 0 saturated heterocycles. The van der Waals surface area contributed by atoms with E-state index in [9.17, 15) is 4.79 Å². The first-order chi connectivity index (χ1) is 7.77. The van der Waals surface area contributed by atoms with E-state index < -0.39 is 0 Å². The van der Waals surface area contributed by atoms with Crippen molar-refractivity contribution in [3.63, 3.8) is 0 Å². The summed E-state index contributed by atoms with van der Waals surface area (Å²) in [5.74, 6) is -0.0000709. The van der Waals surface area contributed by atoms with Gasteiger partial charge in [-0.1, -0.05) is 32.6 Å². The first-order valence-electron chi connectivity index (χ1n) is 6.60. The first-order valence-corrected chi connectivity index (χ1v) is 7.54. The van der Waals surface area contributed by atoms with Gasteiger partial charge in [0.25, 0.3) is 0 Å². The zero-order valence-corrected chi connectivity index (χ0v) is 11.4. The molecule has 1 aliphatic carbocycles. The van der Waals surface area contributed by atoms with Crippen molar-refractivity contribution in [1.29, 1.82) is 0 Å². The summed E-state index contributed by atoms with van der Waals surface area (Å²) >= 11 is 1.86. The summed E-state index contributed by atoms with van der Waals surface area (Å²) in [5.41, 5.74) is 0. The molecular formula is C13H24O2S. The monoisotopic (exact) mass is 244 g/mol. The van der Waals surface area contributed by atoms with E-state index in [1.807, 2.05) is 18.7 Å². The van der Waals surface area contributed by atoms with Crippen LogP contribution in [0.1, 0.15) is 58.8 Å². The van der Waals surface area contributed by atoms with Crippen molar-refractivity contribution in [2.45, 2.75) is 69.3 Å². The van der Waals surface area contributed by atoms with Gasteiger partial charge in [0.05, 0.1) is 6.61 Å². The number of esters is 1. The smallest absolute Gasteiger partial charge is 0.319 e. The van der Waals surface area contributed by atoms with Crippen molar-refractivity contribution in [2.24, 2.45) is 0 Å². The lowest BCUT2D eigenvalue weighted by Crippen LogP contribution is -2.24. The molecule has 1 unspecified atom stereocenters. The van der Waals surface area contributed by atoms with Crippen LogP contribution in [-0.2, 0) is 9.53 Å². The van der Waals surface area contributed by atoms with Gasteiger partial charge in [-0.05, 0) is 26.2 Å². The van der Waals surface area contributed by atoms with E-state index in [1.165, 1.54) is 32.1 Å². The van der Waals surface area contributed by atoms with Gasteiger partial charge < -0.3 is 4.74 Å². The molecule has 0 aliphatic heterocycles. The molecule has 16 heavy (non-hydrogen) atoms. The van der Waals surface area contributed by atoms with Crippen LogP contribution in [0.2, 0.25) is 0 Å². The molecule has 1 rings (SSSR count). The molecule has 0 aromatic carbocycles. The highest BCUT2D eigenvalue weighted by Gasteiger charge is 2.24. The van der Waals surface area contributed by atoms with E-state index in [1.54, 1.807) is 0 Å². The van der Waals surface area contributed by atoms with E-state index in [4.69, 9.17) is 4.74 Å². The minimum atomic E-state index is -0.0000709. The molecule has 1 fully saturated rings. The average Bonchev–Trinajstić information content (AvgIpc) is 2.30. The van der Waals surface area contributed by atoms with Crippen molar-refractivity contribution in [3.8, 4) is 0 Å². The van der Waals surface area contributed by atoms with Crippen LogP contribution in [0.4, 0.5) is 0 Å². The Morgan fingerprint density at radius 2 is 2.00 bits per heavy atom. The van der Waals surface area contributed by atoms with Crippen LogP contribution in [-0.4, -0.2) is 23.1 Å². The summed E-state index contributed by atoms with van der Waals surface area (Å²) in [4.78, 5) is 11.8. The molecule has 1 aliphatic rings. The lowest BCUT2D eigenvalue weighted by atomic mass is 10.0. The van der Waals surface area contributed by atoms with Gasteiger partial charge in [-0.15, -0.1) is 11.8 Å². The maximum atomic E-state index is 11.8. The Bertz CT molecular complexity index is 200. The Labute approximate surface area is 104 Å². The first kappa shape index (κ1) is 13.9. The summed E-state index contributed by atoms with van der Waals surface area (Å²) in [6.45, 7) is 4.52. The van der Waals surface area contributed by atoms with Crippen LogP contribution >= 0.6 is 11.8 Å². The average molecular weight is 244 g/mol. The number of rotatable bonds is 6. The van der Waals surface area contributed by atoms with Gasteiger partial charge in [0.15, 0.2) is 0 Å². The Morgan fingerprint density at radius 3 is 2.56 bits per heavy atom. The maximum absolute atomic E-state index is 11.8. The molecule has 0 spiro atoms. The Balaban J connectivity index is 2.39. The van der Waals surface area contributed by atoms with Crippen molar-refractivity contribution in [3.05, 3.63) is 0 Å². The topological polar surface area (TPSA) is 26.3 Å². The van der Waals surface area contributed by atoms with Crippen molar-refractivity contribution < 1.29 is 9.53 Å². The van der Waals surface area contributed by atoms with E-state index in [2.05, 4.69) is 6.92 Å². The molecule has 94 valence electrons. The highest BCUT2D eigenvalue weighted by molar-refractivity contribution is 8.01.